The molecule has 0 unspecified atom stereocenters. The van der Waals surface area contributed by atoms with Crippen LogP contribution in [-0.2, 0) is 9.59 Å². The van der Waals surface area contributed by atoms with Gasteiger partial charge in [-0.2, -0.15) is 4.99 Å². The quantitative estimate of drug-likeness (QED) is 0.808. The number of thioether (sulfide) groups is 1. The van der Waals surface area contributed by atoms with E-state index in [4.69, 9.17) is 9.84 Å². The van der Waals surface area contributed by atoms with Gasteiger partial charge in [-0.15, -0.1) is 11.3 Å². The Kier molecular flexibility index (Phi) is 5.15. The molecule has 1 aromatic heterocycles. The second-order valence-corrected chi connectivity index (χ2v) is 6.79. The Balaban J connectivity index is 1.87. The number of aromatic nitrogens is 1. The van der Waals surface area contributed by atoms with Crippen molar-refractivity contribution in [2.24, 2.45) is 4.99 Å². The molecule has 0 aliphatic carbocycles. The van der Waals surface area contributed by atoms with E-state index < -0.39 is 12.6 Å². The average molecular weight is 375 g/mol. The molecule has 0 bridgehead atoms. The van der Waals surface area contributed by atoms with Crippen LogP contribution in [0.2, 0.25) is 0 Å². The van der Waals surface area contributed by atoms with Gasteiger partial charge in [0, 0.05) is 24.2 Å². The van der Waals surface area contributed by atoms with Gasteiger partial charge in [-0.25, -0.2) is 9.78 Å². The highest BCUT2D eigenvalue weighted by Gasteiger charge is 2.30. The van der Waals surface area contributed by atoms with Gasteiger partial charge in [0.1, 0.15) is 5.75 Å². The lowest BCUT2D eigenvalue weighted by molar-refractivity contribution is -0.139. The van der Waals surface area contributed by atoms with Gasteiger partial charge < -0.3 is 9.84 Å². The molecule has 25 heavy (non-hydrogen) atoms. The number of carbonyl (C=O) groups is 2. The maximum Gasteiger partial charge on any atom is 0.341 e. The topological polar surface area (TPSA) is 92.1 Å². The molecule has 1 aliphatic heterocycles. The van der Waals surface area contributed by atoms with Crippen molar-refractivity contribution in [3.8, 4) is 5.75 Å². The van der Waals surface area contributed by atoms with Crippen LogP contribution in [0.4, 0.5) is 5.13 Å². The molecule has 1 saturated heterocycles. The van der Waals surface area contributed by atoms with E-state index in [2.05, 4.69) is 9.98 Å². The number of ether oxygens (including phenoxy) is 1. The van der Waals surface area contributed by atoms with Crippen LogP contribution in [0.5, 0.6) is 5.75 Å². The normalized spacial score (nSPS) is 17.5. The van der Waals surface area contributed by atoms with Crippen molar-refractivity contribution in [1.29, 1.82) is 0 Å². The largest absolute Gasteiger partial charge is 0.481 e. The summed E-state index contributed by atoms with van der Waals surface area (Å²) < 4.78 is 5.27. The Morgan fingerprint density at radius 2 is 2.24 bits per heavy atom. The summed E-state index contributed by atoms with van der Waals surface area (Å²) in [6, 6.07) is 6.95. The molecule has 3 rings (SSSR count). The van der Waals surface area contributed by atoms with Crippen molar-refractivity contribution >= 4 is 51.4 Å². The van der Waals surface area contributed by atoms with Gasteiger partial charge in [-0.3, -0.25) is 9.69 Å². The summed E-state index contributed by atoms with van der Waals surface area (Å²) >= 11 is 2.62. The Morgan fingerprint density at radius 3 is 2.96 bits per heavy atom. The van der Waals surface area contributed by atoms with E-state index in [0.29, 0.717) is 26.5 Å². The van der Waals surface area contributed by atoms with E-state index in [9.17, 15) is 9.59 Å². The van der Waals surface area contributed by atoms with E-state index in [1.165, 1.54) is 28.0 Å². The molecule has 2 aromatic rings. The summed E-state index contributed by atoms with van der Waals surface area (Å²) in [7, 11) is 1.65. The Bertz CT molecular complexity index is 862. The highest BCUT2D eigenvalue weighted by atomic mass is 32.2. The SMILES string of the molecule is CN1C(=O)/C(=C\c2ccccc2OCC(=O)O)S/C1=N/c1nccs1. The first-order valence-electron chi connectivity index (χ1n) is 7.14. The van der Waals surface area contributed by atoms with Crippen LogP contribution in [0, 0.1) is 0 Å². The third kappa shape index (κ3) is 4.06. The second kappa shape index (κ2) is 7.49. The molecule has 1 fully saturated rings. The molecule has 128 valence electrons. The third-order valence-electron chi connectivity index (χ3n) is 3.17. The first kappa shape index (κ1) is 17.2. The van der Waals surface area contributed by atoms with Crippen LogP contribution < -0.4 is 4.74 Å². The summed E-state index contributed by atoms with van der Waals surface area (Å²) in [6.45, 7) is -0.446. The molecule has 1 N–H and O–H groups in total. The molecule has 0 radical (unpaired) electrons. The van der Waals surface area contributed by atoms with E-state index in [1.807, 2.05) is 5.38 Å². The number of rotatable bonds is 5. The summed E-state index contributed by atoms with van der Waals surface area (Å²) in [5.41, 5.74) is 0.628. The molecule has 9 heteroatoms. The fourth-order valence-electron chi connectivity index (χ4n) is 2.02. The summed E-state index contributed by atoms with van der Waals surface area (Å²) in [5.74, 6) is -0.849. The van der Waals surface area contributed by atoms with Gasteiger partial charge in [0.2, 0.25) is 5.13 Å². The van der Waals surface area contributed by atoms with E-state index in [1.54, 1.807) is 43.6 Å². The number of benzene rings is 1. The lowest BCUT2D eigenvalue weighted by atomic mass is 10.2. The van der Waals surface area contributed by atoms with Crippen LogP contribution in [0.15, 0.2) is 45.7 Å². The van der Waals surface area contributed by atoms with Crippen LogP contribution in [0.3, 0.4) is 0 Å². The van der Waals surface area contributed by atoms with Crippen molar-refractivity contribution in [3.05, 3.63) is 46.3 Å². The van der Waals surface area contributed by atoms with Crippen LogP contribution >= 0.6 is 23.1 Å². The first-order valence-corrected chi connectivity index (χ1v) is 8.83. The molecular formula is C16H13N3O4S2. The number of amides is 1. The minimum Gasteiger partial charge on any atom is -0.481 e. The number of carboxylic acid groups (broad SMARTS) is 1. The molecule has 7 nitrogen and oxygen atoms in total. The number of hydrogen-bond donors (Lipinski definition) is 1. The van der Waals surface area contributed by atoms with Crippen LogP contribution in [0.25, 0.3) is 6.08 Å². The van der Waals surface area contributed by atoms with Gasteiger partial charge >= 0.3 is 5.97 Å². The fraction of sp³-hybridized carbons (Fsp3) is 0.125. The number of aliphatic imine (C=N–C) groups is 1. The Labute approximate surface area is 151 Å². The number of thiazole rings is 1. The zero-order valence-corrected chi connectivity index (χ0v) is 14.7. The average Bonchev–Trinajstić information content (AvgIpc) is 3.19. The second-order valence-electron chi connectivity index (χ2n) is 4.90. The van der Waals surface area contributed by atoms with E-state index >= 15 is 0 Å². The lowest BCUT2D eigenvalue weighted by Crippen LogP contribution is -2.23. The van der Waals surface area contributed by atoms with Gasteiger partial charge in [0.15, 0.2) is 11.8 Å². The maximum atomic E-state index is 12.4. The third-order valence-corrected chi connectivity index (χ3v) is 4.90. The minimum atomic E-state index is -1.06. The molecule has 0 spiro atoms. The number of aliphatic carboxylic acids is 1. The predicted molar refractivity (Wildman–Crippen MR) is 97.1 cm³/mol. The molecule has 1 aromatic carbocycles. The highest BCUT2D eigenvalue weighted by Crippen LogP contribution is 2.34. The van der Waals surface area contributed by atoms with Crippen LogP contribution in [0.1, 0.15) is 5.56 Å². The summed E-state index contributed by atoms with van der Waals surface area (Å²) in [4.78, 5) is 33.5. The monoisotopic (exact) mass is 375 g/mol. The van der Waals surface area contributed by atoms with Gasteiger partial charge in [-0.1, -0.05) is 18.2 Å². The number of likely N-dealkylation sites (N-methyl/N-ethyl adjacent to an activating group) is 1. The Hall–Kier alpha value is -2.65. The molecule has 1 aliphatic rings. The van der Waals surface area contributed by atoms with Crippen molar-refractivity contribution in [3.63, 3.8) is 0 Å². The van der Waals surface area contributed by atoms with Crippen molar-refractivity contribution in [2.75, 3.05) is 13.7 Å². The van der Waals surface area contributed by atoms with Gasteiger partial charge in [-0.05, 0) is 23.9 Å². The van der Waals surface area contributed by atoms with Crippen molar-refractivity contribution in [2.45, 2.75) is 0 Å². The van der Waals surface area contributed by atoms with Crippen LogP contribution in [-0.4, -0.2) is 45.7 Å². The van der Waals surface area contributed by atoms with Gasteiger partial charge in [0.25, 0.3) is 5.91 Å². The number of para-hydroxylation sites is 1. The summed E-state index contributed by atoms with van der Waals surface area (Å²) in [5, 5.41) is 11.7. The first-order chi connectivity index (χ1) is 12.0. The van der Waals surface area contributed by atoms with E-state index in [-0.39, 0.29) is 5.91 Å². The smallest absolute Gasteiger partial charge is 0.341 e. The lowest BCUT2D eigenvalue weighted by Gasteiger charge is -2.07. The molecule has 1 amide bonds. The molecule has 0 saturated carbocycles. The van der Waals surface area contributed by atoms with E-state index in [0.717, 1.165) is 0 Å². The molecular weight excluding hydrogens is 362 g/mol. The van der Waals surface area contributed by atoms with Gasteiger partial charge in [0.05, 0.1) is 4.91 Å². The highest BCUT2D eigenvalue weighted by molar-refractivity contribution is 8.18. The number of carboxylic acids is 1. The molecule has 2 heterocycles. The predicted octanol–water partition coefficient (Wildman–Crippen LogP) is 2.84. The maximum absolute atomic E-state index is 12.4. The number of carbonyl (C=O) groups excluding carboxylic acids is 1. The zero-order chi connectivity index (χ0) is 17.8. The number of nitrogens with zero attached hydrogens (tertiary/aromatic N) is 3. The standard InChI is InChI=1S/C16H13N3O4S2/c1-19-14(22)12(25-16(19)18-15-17-6-7-24-15)8-10-4-2-3-5-11(10)23-9-13(20)21/h2-8H,9H2,1H3,(H,20,21)/b12-8+,18-16+. The molecule has 0 atom stereocenters. The zero-order valence-electron chi connectivity index (χ0n) is 13.1. The number of amidine groups is 1. The fourth-order valence-corrected chi connectivity index (χ4v) is 3.54. The van der Waals surface area contributed by atoms with Crippen molar-refractivity contribution in [1.82, 2.24) is 9.88 Å². The Morgan fingerprint density at radius 1 is 1.44 bits per heavy atom. The number of hydrogen-bond acceptors (Lipinski definition) is 7. The van der Waals surface area contributed by atoms with Crippen molar-refractivity contribution < 1.29 is 19.4 Å². The minimum absolute atomic E-state index is 0.187. The summed E-state index contributed by atoms with van der Waals surface area (Å²) in [6.07, 6.45) is 3.32.